The van der Waals surface area contributed by atoms with Crippen LogP contribution in [0.2, 0.25) is 0 Å². The molecule has 0 aliphatic heterocycles. The van der Waals surface area contributed by atoms with E-state index in [0.717, 1.165) is 0 Å². The van der Waals surface area contributed by atoms with Crippen LogP contribution in [0.1, 0.15) is 10.4 Å². The lowest BCUT2D eigenvalue weighted by Crippen LogP contribution is -2.37. The highest BCUT2D eigenvalue weighted by Gasteiger charge is 2.27. The minimum Gasteiger partial charge on any atom is -0.497 e. The molecule has 0 aliphatic carbocycles. The van der Waals surface area contributed by atoms with Crippen LogP contribution in [0.5, 0.6) is 5.75 Å². The maximum absolute atomic E-state index is 12.2. The fraction of sp³-hybridized carbons (Fsp3) is 0.222. The number of halogens is 3. The number of carbonyl (C=O) groups is 2. The summed E-state index contributed by atoms with van der Waals surface area (Å²) in [7, 11) is 1.54. The lowest BCUT2D eigenvalue weighted by molar-refractivity contribution is -0.137. The fourth-order valence-electron chi connectivity index (χ4n) is 2.06. The molecule has 0 unspecified atom stereocenters. The van der Waals surface area contributed by atoms with Crippen molar-refractivity contribution in [3.63, 3.8) is 0 Å². The molecule has 0 saturated heterocycles. The summed E-state index contributed by atoms with van der Waals surface area (Å²) in [6, 6.07) is 13.0. The second kappa shape index (κ2) is 8.93. The van der Waals surface area contributed by atoms with Crippen LogP contribution >= 0.6 is 0 Å². The van der Waals surface area contributed by atoms with Crippen LogP contribution in [0, 0.1) is 0 Å². The highest BCUT2D eigenvalue weighted by Crippen LogP contribution is 2.17. The maximum atomic E-state index is 12.2. The van der Waals surface area contributed by atoms with E-state index in [2.05, 4.69) is 10.6 Å². The Morgan fingerprint density at radius 2 is 1.56 bits per heavy atom. The van der Waals surface area contributed by atoms with E-state index < -0.39 is 18.6 Å². The molecule has 0 spiro atoms. The SMILES string of the molecule is COc1ccc(NC(=O)c2ccc(NCC(=O)NCC(F)(F)F)cc2)cc1. The number of hydrogen-bond donors (Lipinski definition) is 3. The van der Waals surface area contributed by atoms with Crippen LogP contribution in [-0.2, 0) is 4.79 Å². The molecule has 2 amide bonds. The van der Waals surface area contributed by atoms with E-state index in [9.17, 15) is 22.8 Å². The second-order valence-electron chi connectivity index (χ2n) is 5.51. The van der Waals surface area contributed by atoms with Crippen LogP contribution in [0.3, 0.4) is 0 Å². The molecule has 2 aromatic carbocycles. The third-order valence-electron chi connectivity index (χ3n) is 3.43. The molecule has 0 bridgehead atoms. The molecule has 2 aromatic rings. The van der Waals surface area contributed by atoms with E-state index >= 15 is 0 Å². The van der Waals surface area contributed by atoms with E-state index in [1.54, 1.807) is 48.8 Å². The molecule has 0 atom stereocenters. The van der Waals surface area contributed by atoms with Crippen LogP contribution < -0.4 is 20.7 Å². The zero-order chi connectivity index (χ0) is 19.9. The Balaban J connectivity index is 1.84. The highest BCUT2D eigenvalue weighted by atomic mass is 19.4. The van der Waals surface area contributed by atoms with Gasteiger partial charge in [-0.05, 0) is 48.5 Å². The van der Waals surface area contributed by atoms with Gasteiger partial charge in [-0.3, -0.25) is 9.59 Å². The van der Waals surface area contributed by atoms with Crippen molar-refractivity contribution in [2.24, 2.45) is 0 Å². The average Bonchev–Trinajstić information content (AvgIpc) is 2.65. The van der Waals surface area contributed by atoms with Gasteiger partial charge in [0.2, 0.25) is 5.91 Å². The van der Waals surface area contributed by atoms with E-state index in [0.29, 0.717) is 22.7 Å². The number of hydrogen-bond acceptors (Lipinski definition) is 4. The summed E-state index contributed by atoms with van der Waals surface area (Å²) < 4.78 is 41.1. The van der Waals surface area contributed by atoms with Crippen molar-refractivity contribution in [3.8, 4) is 5.75 Å². The summed E-state index contributed by atoms with van der Waals surface area (Å²) in [6.45, 7) is -1.69. The minimum atomic E-state index is -4.45. The summed E-state index contributed by atoms with van der Waals surface area (Å²) in [4.78, 5) is 23.5. The second-order valence-corrected chi connectivity index (χ2v) is 5.51. The van der Waals surface area contributed by atoms with Gasteiger partial charge in [-0.25, -0.2) is 0 Å². The summed E-state index contributed by atoms with van der Waals surface area (Å²) in [5.41, 5.74) is 1.49. The molecule has 3 N–H and O–H groups in total. The molecule has 144 valence electrons. The standard InChI is InChI=1S/C18H18F3N3O3/c1-27-15-8-6-14(7-9-15)24-17(26)12-2-4-13(5-3-12)22-10-16(25)23-11-18(19,20)21/h2-9,22H,10-11H2,1H3,(H,23,25)(H,24,26). The van der Waals surface area contributed by atoms with E-state index in [4.69, 9.17) is 4.74 Å². The van der Waals surface area contributed by atoms with E-state index in [1.165, 1.54) is 12.1 Å². The quantitative estimate of drug-likeness (QED) is 0.689. The Bertz CT molecular complexity index is 775. The van der Waals surface area contributed by atoms with Crippen molar-refractivity contribution < 1.29 is 27.5 Å². The Morgan fingerprint density at radius 3 is 2.11 bits per heavy atom. The molecule has 0 radical (unpaired) electrons. The Hall–Kier alpha value is -3.23. The van der Waals surface area contributed by atoms with Gasteiger partial charge in [0.1, 0.15) is 12.3 Å². The summed E-state index contributed by atoms with van der Waals surface area (Å²) in [5.74, 6) is -0.439. The first kappa shape index (κ1) is 20.1. The number of benzene rings is 2. The first-order valence-electron chi connectivity index (χ1n) is 7.89. The topological polar surface area (TPSA) is 79.5 Å². The van der Waals surface area contributed by atoms with E-state index in [1.807, 2.05) is 0 Å². The smallest absolute Gasteiger partial charge is 0.405 e. The van der Waals surface area contributed by atoms with Crippen molar-refractivity contribution in [3.05, 3.63) is 54.1 Å². The molecule has 0 fully saturated rings. The maximum Gasteiger partial charge on any atom is 0.405 e. The average molecular weight is 381 g/mol. The number of amides is 2. The van der Waals surface area contributed by atoms with Crippen molar-refractivity contribution in [2.75, 3.05) is 30.8 Å². The van der Waals surface area contributed by atoms with Gasteiger partial charge in [0, 0.05) is 16.9 Å². The molecule has 6 nitrogen and oxygen atoms in total. The molecule has 27 heavy (non-hydrogen) atoms. The summed E-state index contributed by atoms with van der Waals surface area (Å²) in [6.07, 6.45) is -4.45. The van der Waals surface area contributed by atoms with Gasteiger partial charge >= 0.3 is 6.18 Å². The zero-order valence-electron chi connectivity index (χ0n) is 14.4. The van der Waals surface area contributed by atoms with Crippen LogP contribution in [0.4, 0.5) is 24.5 Å². The van der Waals surface area contributed by atoms with Gasteiger partial charge in [0.25, 0.3) is 5.91 Å². The first-order chi connectivity index (χ1) is 12.8. The van der Waals surface area contributed by atoms with Crippen LogP contribution in [0.15, 0.2) is 48.5 Å². The highest BCUT2D eigenvalue weighted by molar-refractivity contribution is 6.04. The zero-order valence-corrected chi connectivity index (χ0v) is 14.4. The number of nitrogens with one attached hydrogen (secondary N) is 3. The predicted octanol–water partition coefficient (Wildman–Crippen LogP) is 3.04. The molecule has 2 rings (SSSR count). The third kappa shape index (κ3) is 6.89. The Morgan fingerprint density at radius 1 is 0.963 bits per heavy atom. The summed E-state index contributed by atoms with van der Waals surface area (Å²) in [5, 5.41) is 7.17. The number of carbonyl (C=O) groups excluding carboxylic acids is 2. The predicted molar refractivity (Wildman–Crippen MR) is 94.9 cm³/mol. The number of methoxy groups -OCH3 is 1. The van der Waals surface area contributed by atoms with Crippen molar-refractivity contribution in [2.45, 2.75) is 6.18 Å². The molecule has 0 aliphatic rings. The molecule has 0 saturated carbocycles. The van der Waals surface area contributed by atoms with Gasteiger partial charge in [0.05, 0.1) is 13.7 Å². The number of alkyl halides is 3. The van der Waals surface area contributed by atoms with Crippen molar-refractivity contribution in [1.82, 2.24) is 5.32 Å². The summed E-state index contributed by atoms with van der Waals surface area (Å²) >= 11 is 0. The molecule has 9 heteroatoms. The van der Waals surface area contributed by atoms with Gasteiger partial charge in [-0.2, -0.15) is 13.2 Å². The monoisotopic (exact) mass is 381 g/mol. The lowest BCUT2D eigenvalue weighted by atomic mass is 10.2. The molecular formula is C18H18F3N3O3. The number of rotatable bonds is 7. The first-order valence-corrected chi connectivity index (χ1v) is 7.89. The number of anilines is 2. The molecule has 0 aromatic heterocycles. The van der Waals surface area contributed by atoms with Crippen molar-refractivity contribution >= 4 is 23.2 Å². The third-order valence-corrected chi connectivity index (χ3v) is 3.43. The fourth-order valence-corrected chi connectivity index (χ4v) is 2.06. The van der Waals surface area contributed by atoms with E-state index in [-0.39, 0.29) is 12.5 Å². The largest absolute Gasteiger partial charge is 0.497 e. The van der Waals surface area contributed by atoms with Gasteiger partial charge < -0.3 is 20.7 Å². The molecule has 0 heterocycles. The Labute approximate surface area is 153 Å². The minimum absolute atomic E-state index is 0.312. The Kier molecular flexibility index (Phi) is 6.64. The van der Waals surface area contributed by atoms with Gasteiger partial charge in [-0.15, -0.1) is 0 Å². The van der Waals surface area contributed by atoms with Crippen LogP contribution in [-0.4, -0.2) is 38.2 Å². The lowest BCUT2D eigenvalue weighted by Gasteiger charge is -2.10. The molecular weight excluding hydrogens is 363 g/mol. The normalized spacial score (nSPS) is 10.8. The number of ether oxygens (including phenoxy) is 1. The van der Waals surface area contributed by atoms with Crippen molar-refractivity contribution in [1.29, 1.82) is 0 Å². The van der Waals surface area contributed by atoms with Gasteiger partial charge in [0.15, 0.2) is 0 Å². The van der Waals surface area contributed by atoms with Gasteiger partial charge in [-0.1, -0.05) is 0 Å². The van der Waals surface area contributed by atoms with Crippen LogP contribution in [0.25, 0.3) is 0 Å².